The Labute approximate surface area is 246 Å². The molecule has 0 saturated heterocycles. The Morgan fingerprint density at radius 1 is 0.925 bits per heavy atom. The van der Waals surface area contributed by atoms with Gasteiger partial charge in [-0.05, 0) is 18.6 Å². The Kier molecular flexibility index (Phi) is 18.7. The van der Waals surface area contributed by atoms with Crippen molar-refractivity contribution < 1.29 is 32.5 Å². The van der Waals surface area contributed by atoms with Crippen LogP contribution in [0.1, 0.15) is 108 Å². The Hall–Kier alpha value is -1.28. The number of thiazole rings is 1. The first-order valence-electron chi connectivity index (χ1n) is 15.2. The van der Waals surface area contributed by atoms with Crippen LogP contribution >= 0.6 is 19.2 Å². The molecule has 0 spiro atoms. The predicted molar refractivity (Wildman–Crippen MR) is 163 cm³/mol. The van der Waals surface area contributed by atoms with Crippen LogP contribution < -0.4 is 9.09 Å². The van der Waals surface area contributed by atoms with E-state index >= 15 is 0 Å². The molecule has 0 radical (unpaired) electrons. The molecule has 0 aliphatic carbocycles. The van der Waals surface area contributed by atoms with Crippen LogP contribution in [0.15, 0.2) is 35.2 Å². The summed E-state index contributed by atoms with van der Waals surface area (Å²) in [7, 11) is -2.76. The molecule has 2 rings (SSSR count). The minimum Gasteiger partial charge on any atom is -0.404 e. The highest BCUT2D eigenvalue weighted by molar-refractivity contribution is 7.47. The van der Waals surface area contributed by atoms with E-state index in [2.05, 4.69) is 16.9 Å². The molecule has 1 aromatic carbocycles. The second-order valence-electron chi connectivity index (χ2n) is 10.7. The third kappa shape index (κ3) is 16.2. The molecule has 0 aliphatic heterocycles. The number of aryl methyl sites for hydroxylation is 1. The highest BCUT2D eigenvalue weighted by atomic mass is 32.1. The molecule has 0 fully saturated rings. The van der Waals surface area contributed by atoms with Crippen LogP contribution in [0, 0.1) is 6.92 Å². The number of hydrogen-bond acceptors (Lipinski definition) is 6. The van der Waals surface area contributed by atoms with Crippen molar-refractivity contribution in [2.24, 2.45) is 0 Å². The van der Waals surface area contributed by atoms with E-state index in [4.69, 9.17) is 18.5 Å². The molecule has 2 unspecified atom stereocenters. The molecule has 2 aromatic rings. The van der Waals surface area contributed by atoms with Crippen molar-refractivity contribution in [3.8, 4) is 5.75 Å². The van der Waals surface area contributed by atoms with Gasteiger partial charge in [0.2, 0.25) is 5.51 Å². The van der Waals surface area contributed by atoms with E-state index in [-0.39, 0.29) is 6.61 Å². The summed E-state index contributed by atoms with van der Waals surface area (Å²) in [4.78, 5) is 10.2. The van der Waals surface area contributed by atoms with Crippen LogP contribution in [0.5, 0.6) is 5.75 Å². The molecule has 1 aromatic heterocycles. The minimum absolute atomic E-state index is 0.0906. The van der Waals surface area contributed by atoms with Crippen molar-refractivity contribution in [1.29, 1.82) is 0 Å². The lowest BCUT2D eigenvalue weighted by Gasteiger charge is -2.18. The minimum atomic E-state index is -4.30. The maximum absolute atomic E-state index is 12.5. The molecule has 0 bridgehead atoms. The van der Waals surface area contributed by atoms with Crippen LogP contribution in [-0.2, 0) is 25.1 Å². The average Bonchev–Trinajstić information content (AvgIpc) is 3.33. The molecular formula is C31H53NO6PS+. The van der Waals surface area contributed by atoms with Gasteiger partial charge in [0.1, 0.15) is 11.9 Å². The zero-order valence-corrected chi connectivity index (χ0v) is 26.8. The summed E-state index contributed by atoms with van der Waals surface area (Å²) in [5, 5.41) is 2.08. The summed E-state index contributed by atoms with van der Waals surface area (Å²) in [6.07, 6.45) is 18.1. The first-order valence-corrected chi connectivity index (χ1v) is 17.7. The number of phosphoric ester groups is 1. The topological polar surface area (TPSA) is 78.1 Å². The standard InChI is InChI=1S/C31H52NO6PS/c1-4-5-6-7-8-9-10-11-12-13-14-15-16-17-21-36-24-31(35-3)25-37-39(33,34)38-30-20-18-19-29(22-30)23-32-27-40-26-28(32)2/h18-20,22,26-27,31H,4-17,21,23-25H2,1-3H3/p+1. The number of phosphoric acid groups is 1. The molecule has 0 amide bonds. The molecule has 1 heterocycles. The van der Waals surface area contributed by atoms with Gasteiger partial charge in [0.25, 0.3) is 0 Å². The summed E-state index contributed by atoms with van der Waals surface area (Å²) in [6.45, 7) is 5.84. The quantitative estimate of drug-likeness (QED) is 0.0702. The molecule has 228 valence electrons. The van der Waals surface area contributed by atoms with Crippen LogP contribution in [0.2, 0.25) is 0 Å². The van der Waals surface area contributed by atoms with Crippen molar-refractivity contribution in [1.82, 2.24) is 0 Å². The van der Waals surface area contributed by atoms with Crippen molar-refractivity contribution in [3.05, 3.63) is 46.4 Å². The number of hydrogen-bond donors (Lipinski definition) is 1. The third-order valence-corrected chi connectivity index (χ3v) is 8.83. The van der Waals surface area contributed by atoms with Crippen LogP contribution in [0.25, 0.3) is 0 Å². The van der Waals surface area contributed by atoms with Gasteiger partial charge in [-0.3, -0.25) is 9.42 Å². The average molecular weight is 599 g/mol. The zero-order chi connectivity index (χ0) is 28.9. The summed E-state index contributed by atoms with van der Waals surface area (Å²) < 4.78 is 36.3. The normalized spacial score (nSPS) is 13.8. The number of rotatable bonds is 25. The molecule has 7 nitrogen and oxygen atoms in total. The summed E-state index contributed by atoms with van der Waals surface area (Å²) in [5.41, 5.74) is 4.16. The monoisotopic (exact) mass is 598 g/mol. The number of nitrogens with zero attached hydrogens (tertiary/aromatic N) is 1. The van der Waals surface area contributed by atoms with Crippen molar-refractivity contribution in [3.63, 3.8) is 0 Å². The van der Waals surface area contributed by atoms with E-state index in [0.717, 1.165) is 24.1 Å². The van der Waals surface area contributed by atoms with Crippen LogP contribution in [0.3, 0.4) is 0 Å². The molecule has 2 atom stereocenters. The van der Waals surface area contributed by atoms with Gasteiger partial charge in [-0.1, -0.05) is 114 Å². The molecule has 40 heavy (non-hydrogen) atoms. The van der Waals surface area contributed by atoms with Crippen molar-refractivity contribution in [2.75, 3.05) is 26.9 Å². The van der Waals surface area contributed by atoms with E-state index in [0.29, 0.717) is 25.5 Å². The van der Waals surface area contributed by atoms with E-state index in [1.54, 1.807) is 36.6 Å². The van der Waals surface area contributed by atoms with Gasteiger partial charge in [0, 0.05) is 26.2 Å². The zero-order valence-electron chi connectivity index (χ0n) is 25.1. The van der Waals surface area contributed by atoms with E-state index in [1.807, 2.05) is 18.5 Å². The highest BCUT2D eigenvalue weighted by Crippen LogP contribution is 2.44. The van der Waals surface area contributed by atoms with Gasteiger partial charge in [0.05, 0.1) is 18.6 Å². The second-order valence-corrected chi connectivity index (χ2v) is 12.8. The van der Waals surface area contributed by atoms with Crippen molar-refractivity contribution >= 4 is 19.2 Å². The Bertz CT molecular complexity index is 955. The lowest BCUT2D eigenvalue weighted by molar-refractivity contribution is -0.689. The fraction of sp³-hybridized carbons (Fsp3) is 0.710. The van der Waals surface area contributed by atoms with E-state index in [9.17, 15) is 9.46 Å². The predicted octanol–water partition coefficient (Wildman–Crippen LogP) is 8.40. The maximum Gasteiger partial charge on any atom is 0.527 e. The number of benzene rings is 1. The summed E-state index contributed by atoms with van der Waals surface area (Å²) >= 11 is 1.63. The van der Waals surface area contributed by atoms with Crippen molar-refractivity contribution in [2.45, 2.75) is 116 Å². The highest BCUT2D eigenvalue weighted by Gasteiger charge is 2.25. The molecule has 1 N–H and O–H groups in total. The maximum atomic E-state index is 12.5. The largest absolute Gasteiger partial charge is 0.527 e. The van der Waals surface area contributed by atoms with Gasteiger partial charge < -0.3 is 14.0 Å². The van der Waals surface area contributed by atoms with Gasteiger partial charge in [-0.15, -0.1) is 0 Å². The molecule has 0 aliphatic rings. The van der Waals surface area contributed by atoms with Gasteiger partial charge in [-0.2, -0.15) is 4.57 Å². The number of unbranched alkanes of at least 4 members (excludes halogenated alkanes) is 13. The Morgan fingerprint density at radius 2 is 1.55 bits per heavy atom. The fourth-order valence-electron chi connectivity index (χ4n) is 4.55. The number of aromatic nitrogens is 1. The smallest absolute Gasteiger partial charge is 0.404 e. The molecule has 9 heteroatoms. The fourth-order valence-corrected chi connectivity index (χ4v) is 6.12. The first-order chi connectivity index (χ1) is 19.4. The second kappa shape index (κ2) is 21.4. The number of methoxy groups -OCH3 is 1. The lowest BCUT2D eigenvalue weighted by atomic mass is 10.0. The van der Waals surface area contributed by atoms with E-state index in [1.165, 1.54) is 77.0 Å². The van der Waals surface area contributed by atoms with Gasteiger partial charge in [-0.25, -0.2) is 4.57 Å². The summed E-state index contributed by atoms with van der Waals surface area (Å²) in [5.74, 6) is 0.292. The summed E-state index contributed by atoms with van der Waals surface area (Å²) in [6, 6.07) is 7.16. The Morgan fingerprint density at radius 3 is 2.12 bits per heavy atom. The number of ether oxygens (including phenoxy) is 2. The first kappa shape index (κ1) is 34.9. The molecular weight excluding hydrogens is 545 g/mol. The lowest BCUT2D eigenvalue weighted by Crippen LogP contribution is -2.34. The van der Waals surface area contributed by atoms with Gasteiger partial charge >= 0.3 is 7.82 Å². The SMILES string of the molecule is CCCCCCCCCCCCCCCCOCC(COP(=O)(O)Oc1cccc(C[n+]2cscc2C)c1)OC. The van der Waals surface area contributed by atoms with Gasteiger partial charge in [0.15, 0.2) is 12.2 Å². The Balaban J connectivity index is 1.50. The molecule has 0 saturated carbocycles. The third-order valence-electron chi connectivity index (χ3n) is 7.05. The van der Waals surface area contributed by atoms with Crippen LogP contribution in [-0.4, -0.2) is 37.9 Å². The van der Waals surface area contributed by atoms with E-state index < -0.39 is 13.9 Å². The van der Waals surface area contributed by atoms with Crippen LogP contribution in [0.4, 0.5) is 0 Å².